The van der Waals surface area contributed by atoms with Crippen molar-refractivity contribution < 1.29 is 8.68 Å². The standard InChI is InChI=1S/C34H65N3OS.C10H22.C7H16.2C2H6/c1-10-12-13-14-15-16-17-18-19-22-36-33(38)30-23-29(30)32(34(6,7)8)37(39)24-28(21-20-26(37)4)31(35-9)27(5)25(3)11-2;1-3-5-7-9-10-8-6-4-2;1-3-5-7-6-4-2;2*1-2/h25-30,32,39H,10-24H2,1-9H3;3-10H2,1-2H3;3-7H2,1-2H3;2*1-2H3/p+1. The predicted octanol–water partition coefficient (Wildman–Crippen LogP) is 18.1. The lowest BCUT2D eigenvalue weighted by atomic mass is 9.75. The van der Waals surface area contributed by atoms with Crippen LogP contribution in [0.4, 0.5) is 0 Å². The topological polar surface area (TPSA) is 41.5 Å². The molecule has 1 aliphatic heterocycles. The third kappa shape index (κ3) is 28.3. The average Bonchev–Trinajstić information content (AvgIpc) is 4.02. The SMILES string of the molecule is CC.CC.CCCCCCC.CCCCCCCCCC.CCCCCCCCCCCNC(=O)C1CC1C(C(C)(C)C)[N+]1(S)CC(C(=NC)C(C)C(C)CC)CCC1C. The minimum absolute atomic E-state index is 0.0839. The lowest BCUT2D eigenvalue weighted by Crippen LogP contribution is -2.64. The molecule has 0 aromatic heterocycles. The van der Waals surface area contributed by atoms with Crippen LogP contribution in [0.25, 0.3) is 0 Å². The van der Waals surface area contributed by atoms with Gasteiger partial charge in [0.15, 0.2) is 0 Å². The zero-order chi connectivity index (χ0) is 46.4. The van der Waals surface area contributed by atoms with Crippen LogP contribution >= 0.6 is 12.8 Å². The fourth-order valence-electron chi connectivity index (χ4n) is 9.49. The molecular formula is C55H116N3OS+. The molecular weight excluding hydrogens is 751 g/mol. The number of rotatable bonds is 28. The Morgan fingerprint density at radius 1 is 0.667 bits per heavy atom. The van der Waals surface area contributed by atoms with Gasteiger partial charge in [-0.3, -0.25) is 13.7 Å². The molecule has 1 aliphatic carbocycles. The average molecular weight is 868 g/mol. The van der Waals surface area contributed by atoms with Crippen molar-refractivity contribution >= 4 is 24.4 Å². The van der Waals surface area contributed by atoms with Crippen LogP contribution in [0.1, 0.15) is 278 Å². The number of hydrogen-bond acceptors (Lipinski definition) is 3. The molecule has 1 amide bonds. The molecule has 0 bridgehead atoms. The molecule has 2 rings (SSSR count). The maximum atomic E-state index is 13.2. The van der Waals surface area contributed by atoms with Crippen molar-refractivity contribution in [2.45, 2.75) is 290 Å². The van der Waals surface area contributed by atoms with Crippen LogP contribution in [0, 0.1) is 35.0 Å². The Morgan fingerprint density at radius 3 is 1.42 bits per heavy atom. The van der Waals surface area contributed by atoms with Crippen molar-refractivity contribution in [3.05, 3.63) is 0 Å². The molecule has 362 valence electrons. The maximum Gasteiger partial charge on any atom is 0.223 e. The maximum absolute atomic E-state index is 13.2. The number of piperidine rings is 1. The number of aliphatic imine (C=N–C) groups is 1. The lowest BCUT2D eigenvalue weighted by Gasteiger charge is -2.53. The van der Waals surface area contributed by atoms with Gasteiger partial charge in [-0.2, -0.15) is 0 Å². The molecule has 8 atom stereocenters. The number of unbranched alkanes of at least 4 members (excludes halogenated alkanes) is 19. The summed E-state index contributed by atoms with van der Waals surface area (Å²) in [6, 6.07) is 0.844. The molecule has 0 aromatic rings. The van der Waals surface area contributed by atoms with E-state index in [0.29, 0.717) is 35.8 Å². The lowest BCUT2D eigenvalue weighted by molar-refractivity contribution is -0.862. The van der Waals surface area contributed by atoms with Gasteiger partial charge in [0.1, 0.15) is 6.04 Å². The first-order chi connectivity index (χ1) is 28.7. The number of carbonyl (C=O) groups is 1. The number of quaternary nitrogens is 1. The van der Waals surface area contributed by atoms with Crippen LogP contribution in [0.3, 0.4) is 0 Å². The molecule has 1 N–H and O–H groups in total. The van der Waals surface area contributed by atoms with Gasteiger partial charge in [-0.15, -0.1) is 0 Å². The number of carbonyl (C=O) groups excluding carboxylic acids is 1. The van der Waals surface area contributed by atoms with Gasteiger partial charge in [0.2, 0.25) is 5.91 Å². The Kier molecular flexibility index (Phi) is 43.7. The Balaban J connectivity index is -0.00000127. The Morgan fingerprint density at radius 2 is 1.05 bits per heavy atom. The van der Waals surface area contributed by atoms with E-state index in [1.54, 1.807) is 0 Å². The minimum Gasteiger partial charge on any atom is -0.356 e. The first-order valence-corrected chi connectivity index (χ1v) is 27.5. The fourth-order valence-corrected chi connectivity index (χ4v) is 10.3. The molecule has 2 aliphatic rings. The van der Waals surface area contributed by atoms with E-state index in [-0.39, 0.29) is 17.2 Å². The molecule has 8 unspecified atom stereocenters. The molecule has 0 radical (unpaired) electrons. The normalized spacial score (nSPS) is 22.5. The summed E-state index contributed by atoms with van der Waals surface area (Å²) in [7, 11) is 2.00. The van der Waals surface area contributed by atoms with Crippen LogP contribution in [0.15, 0.2) is 4.99 Å². The summed E-state index contributed by atoms with van der Waals surface area (Å²) < 4.78 is 0.785. The highest BCUT2D eigenvalue weighted by Crippen LogP contribution is 2.54. The summed E-state index contributed by atoms with van der Waals surface area (Å²) in [4.78, 5) is 18.1. The molecule has 60 heavy (non-hydrogen) atoms. The number of nitrogens with one attached hydrogen (secondary N) is 1. The summed E-state index contributed by atoms with van der Waals surface area (Å²) in [5.41, 5.74) is 1.48. The molecule has 1 saturated carbocycles. The summed E-state index contributed by atoms with van der Waals surface area (Å²) >= 11 is 5.55. The second-order valence-corrected chi connectivity index (χ2v) is 20.4. The van der Waals surface area contributed by atoms with Crippen LogP contribution in [0.5, 0.6) is 0 Å². The second kappa shape index (κ2) is 41.2. The van der Waals surface area contributed by atoms with E-state index in [1.165, 1.54) is 160 Å². The van der Waals surface area contributed by atoms with Crippen molar-refractivity contribution in [1.82, 2.24) is 5.32 Å². The Hall–Kier alpha value is -0.550. The van der Waals surface area contributed by atoms with E-state index in [0.717, 1.165) is 29.8 Å². The summed E-state index contributed by atoms with van der Waals surface area (Å²) in [5, 5.41) is 3.31. The highest BCUT2D eigenvalue weighted by Gasteiger charge is 2.61. The molecule has 2 fully saturated rings. The van der Waals surface area contributed by atoms with Gasteiger partial charge in [0, 0.05) is 48.9 Å². The largest absolute Gasteiger partial charge is 0.356 e. The van der Waals surface area contributed by atoms with Crippen LogP contribution in [-0.2, 0) is 4.79 Å². The van der Waals surface area contributed by atoms with E-state index < -0.39 is 0 Å². The van der Waals surface area contributed by atoms with Crippen molar-refractivity contribution in [2.75, 3.05) is 20.1 Å². The third-order valence-corrected chi connectivity index (χ3v) is 14.4. The van der Waals surface area contributed by atoms with E-state index in [2.05, 4.69) is 88.4 Å². The molecule has 0 spiro atoms. The quantitative estimate of drug-likeness (QED) is 0.0350. The number of nitrogens with zero attached hydrogens (tertiary/aromatic N) is 2. The molecule has 1 heterocycles. The van der Waals surface area contributed by atoms with Gasteiger partial charge in [-0.05, 0) is 38.0 Å². The Labute approximate surface area is 386 Å². The smallest absolute Gasteiger partial charge is 0.223 e. The van der Waals surface area contributed by atoms with Gasteiger partial charge in [0.05, 0.1) is 25.4 Å². The summed E-state index contributed by atoms with van der Waals surface area (Å²) in [5.74, 6) is 2.49. The van der Waals surface area contributed by atoms with E-state index >= 15 is 0 Å². The van der Waals surface area contributed by atoms with E-state index in [1.807, 2.05) is 34.7 Å². The van der Waals surface area contributed by atoms with Crippen molar-refractivity contribution in [3.63, 3.8) is 0 Å². The van der Waals surface area contributed by atoms with Gasteiger partial charge in [-0.25, -0.2) is 0 Å². The minimum atomic E-state index is 0.0839. The van der Waals surface area contributed by atoms with Crippen molar-refractivity contribution in [2.24, 2.45) is 40.0 Å². The zero-order valence-electron chi connectivity index (χ0n) is 44.6. The predicted molar refractivity (Wildman–Crippen MR) is 279 cm³/mol. The monoisotopic (exact) mass is 867 g/mol. The van der Waals surface area contributed by atoms with Gasteiger partial charge < -0.3 is 5.32 Å². The van der Waals surface area contributed by atoms with Crippen LogP contribution in [-0.4, -0.2) is 47.7 Å². The highest BCUT2D eigenvalue weighted by molar-refractivity contribution is 7.74. The Bertz CT molecular complexity index is 950. The molecule has 4 nitrogen and oxygen atoms in total. The highest BCUT2D eigenvalue weighted by atomic mass is 32.1. The van der Waals surface area contributed by atoms with Gasteiger partial charge in [0.25, 0.3) is 0 Å². The molecule has 0 aromatic carbocycles. The van der Waals surface area contributed by atoms with Crippen LogP contribution in [0.2, 0.25) is 0 Å². The summed E-state index contributed by atoms with van der Waals surface area (Å²) in [6.45, 7) is 37.7. The number of thiol groups is 1. The summed E-state index contributed by atoms with van der Waals surface area (Å²) in [6.07, 6.45) is 34.9. The van der Waals surface area contributed by atoms with E-state index in [4.69, 9.17) is 17.8 Å². The van der Waals surface area contributed by atoms with Gasteiger partial charge >= 0.3 is 0 Å². The number of hydrogen-bond donors (Lipinski definition) is 2. The second-order valence-electron chi connectivity index (χ2n) is 19.6. The first-order valence-electron chi connectivity index (χ1n) is 27.1. The van der Waals surface area contributed by atoms with Crippen LogP contribution < -0.4 is 5.32 Å². The zero-order valence-corrected chi connectivity index (χ0v) is 45.5. The molecule has 1 saturated heterocycles. The fraction of sp³-hybridized carbons (Fsp3) is 0.964. The van der Waals surface area contributed by atoms with Crippen molar-refractivity contribution in [3.8, 4) is 0 Å². The van der Waals surface area contributed by atoms with Gasteiger partial charge in [-0.1, -0.05) is 245 Å². The first kappa shape index (κ1) is 63.7. The van der Waals surface area contributed by atoms with E-state index in [9.17, 15) is 4.79 Å². The third-order valence-electron chi connectivity index (χ3n) is 13.5. The molecule has 5 heteroatoms. The van der Waals surface area contributed by atoms with Crippen molar-refractivity contribution in [1.29, 1.82) is 0 Å². The number of amides is 1. The number of likely N-dealkylation sites (tertiary alicyclic amines) is 1.